The van der Waals surface area contributed by atoms with E-state index >= 15 is 0 Å². The number of hydrogen-bond donors (Lipinski definition) is 2. The summed E-state index contributed by atoms with van der Waals surface area (Å²) in [4.78, 5) is 29.3. The Bertz CT molecular complexity index is 606. The summed E-state index contributed by atoms with van der Waals surface area (Å²) in [6.07, 6.45) is 6.28. The molecule has 2 amide bonds. The van der Waals surface area contributed by atoms with Crippen molar-refractivity contribution >= 4 is 11.8 Å². The Morgan fingerprint density at radius 3 is 2.53 bits per heavy atom. The van der Waals surface area contributed by atoms with Gasteiger partial charge in [-0.2, -0.15) is 0 Å². The summed E-state index contributed by atoms with van der Waals surface area (Å²) in [5.41, 5.74) is 0. The largest absolute Gasteiger partial charge is 0.352 e. The number of hydrogen-bond acceptors (Lipinski definition) is 4. The van der Waals surface area contributed by atoms with Crippen molar-refractivity contribution in [2.75, 3.05) is 26.2 Å². The van der Waals surface area contributed by atoms with Crippen LogP contribution in [0, 0.1) is 11.8 Å². The number of carbonyl (C=O) groups excluding carboxylic acids is 2. The molecule has 170 valence electrons. The molecule has 4 rings (SSSR count). The zero-order valence-corrected chi connectivity index (χ0v) is 18.6. The van der Waals surface area contributed by atoms with Gasteiger partial charge in [-0.05, 0) is 50.9 Å². The van der Waals surface area contributed by atoms with Crippen molar-refractivity contribution < 1.29 is 14.0 Å². The Labute approximate surface area is 180 Å². The molecule has 2 saturated heterocycles. The molecular formula is C23H39FN4O2. The molecule has 2 N–H and O–H groups in total. The van der Waals surface area contributed by atoms with E-state index in [4.69, 9.17) is 0 Å². The van der Waals surface area contributed by atoms with Crippen LogP contribution in [0.4, 0.5) is 4.39 Å². The van der Waals surface area contributed by atoms with Gasteiger partial charge in [0.15, 0.2) is 0 Å². The number of piperazine rings is 1. The molecule has 0 aromatic heterocycles. The summed E-state index contributed by atoms with van der Waals surface area (Å²) in [5.74, 6) is 0.744. The van der Waals surface area contributed by atoms with Gasteiger partial charge in [0.25, 0.3) is 0 Å². The Morgan fingerprint density at radius 2 is 1.83 bits per heavy atom. The van der Waals surface area contributed by atoms with Crippen LogP contribution in [0.1, 0.15) is 65.2 Å². The van der Waals surface area contributed by atoms with Crippen molar-refractivity contribution in [3.05, 3.63) is 0 Å². The molecule has 0 spiro atoms. The Balaban J connectivity index is 1.26. The number of amides is 2. The third kappa shape index (κ3) is 4.67. The number of alkyl halides is 1. The highest BCUT2D eigenvalue weighted by Gasteiger charge is 2.46. The first kappa shape index (κ1) is 22.0. The number of rotatable bonds is 4. The number of nitrogens with one attached hydrogen (secondary N) is 2. The van der Waals surface area contributed by atoms with Gasteiger partial charge in [0.05, 0.1) is 6.04 Å². The standard InChI is InChI=1S/C23H39FN4O2/c1-3-21(29)28-11-9-27(10-12-28)17-6-4-5-16(13-17)25-23(30)20-14-18-19(24)8-7-15(2)22(18)26-20/h15-20,22,26H,3-14H2,1-2H3,(H,25,30)/t15?,16-,17+,18?,19?,20?,22?/m1/s1. The SMILES string of the molecule is CCC(=O)N1CCN([C@H]2CCC[C@@H](NC(=O)C3CC4C(F)CCC(C)C4N3)C2)CC1. The van der Waals surface area contributed by atoms with Gasteiger partial charge < -0.3 is 15.5 Å². The van der Waals surface area contributed by atoms with Crippen LogP contribution in [0.3, 0.4) is 0 Å². The molecule has 2 aliphatic carbocycles. The zero-order valence-electron chi connectivity index (χ0n) is 18.6. The van der Waals surface area contributed by atoms with E-state index in [0.29, 0.717) is 31.2 Å². The van der Waals surface area contributed by atoms with Crippen LogP contribution < -0.4 is 10.6 Å². The first-order valence-electron chi connectivity index (χ1n) is 12.2. The summed E-state index contributed by atoms with van der Waals surface area (Å²) in [6.45, 7) is 7.60. The number of nitrogens with zero attached hydrogens (tertiary/aromatic N) is 2. The third-order valence-corrected chi connectivity index (χ3v) is 8.13. The monoisotopic (exact) mass is 422 g/mol. The second kappa shape index (κ2) is 9.51. The highest BCUT2D eigenvalue weighted by atomic mass is 19.1. The molecule has 4 aliphatic rings. The van der Waals surface area contributed by atoms with E-state index in [1.165, 1.54) is 6.42 Å². The maximum Gasteiger partial charge on any atom is 0.237 e. The summed E-state index contributed by atoms with van der Waals surface area (Å²) in [6, 6.07) is 0.584. The van der Waals surface area contributed by atoms with Gasteiger partial charge in [-0.1, -0.05) is 13.8 Å². The maximum absolute atomic E-state index is 14.4. The molecule has 2 heterocycles. The minimum atomic E-state index is -0.770. The first-order chi connectivity index (χ1) is 14.5. The molecule has 5 unspecified atom stereocenters. The fourth-order valence-corrected chi connectivity index (χ4v) is 6.29. The van der Waals surface area contributed by atoms with Crippen molar-refractivity contribution in [3.63, 3.8) is 0 Å². The molecule has 7 atom stereocenters. The summed E-state index contributed by atoms with van der Waals surface area (Å²) < 4.78 is 14.4. The van der Waals surface area contributed by atoms with Gasteiger partial charge >= 0.3 is 0 Å². The van der Waals surface area contributed by atoms with Gasteiger partial charge in [0.1, 0.15) is 6.17 Å². The fourth-order valence-electron chi connectivity index (χ4n) is 6.29. The molecule has 0 radical (unpaired) electrons. The molecule has 2 saturated carbocycles. The van der Waals surface area contributed by atoms with Crippen LogP contribution in [0.25, 0.3) is 0 Å². The molecule has 0 aromatic rings. The average molecular weight is 423 g/mol. The van der Waals surface area contributed by atoms with E-state index in [9.17, 15) is 14.0 Å². The first-order valence-corrected chi connectivity index (χ1v) is 12.2. The normalized spacial score (nSPS) is 40.1. The molecule has 6 nitrogen and oxygen atoms in total. The lowest BCUT2D eigenvalue weighted by atomic mass is 9.77. The van der Waals surface area contributed by atoms with E-state index in [1.807, 2.05) is 11.8 Å². The van der Waals surface area contributed by atoms with Crippen molar-refractivity contribution in [1.29, 1.82) is 0 Å². The minimum absolute atomic E-state index is 0.00858. The summed E-state index contributed by atoms with van der Waals surface area (Å²) >= 11 is 0. The molecule has 0 aromatic carbocycles. The number of carbonyl (C=O) groups is 2. The van der Waals surface area contributed by atoms with Gasteiger partial charge in [0.2, 0.25) is 11.8 Å². The molecule has 0 bridgehead atoms. The second-order valence-electron chi connectivity index (χ2n) is 10.0. The summed E-state index contributed by atoms with van der Waals surface area (Å²) in [7, 11) is 0. The topological polar surface area (TPSA) is 64.7 Å². The van der Waals surface area contributed by atoms with E-state index in [1.54, 1.807) is 0 Å². The van der Waals surface area contributed by atoms with Gasteiger partial charge in [-0.25, -0.2) is 4.39 Å². The zero-order chi connectivity index (χ0) is 21.3. The molecule has 2 aliphatic heterocycles. The lowest BCUT2D eigenvalue weighted by Crippen LogP contribution is -2.55. The van der Waals surface area contributed by atoms with Crippen LogP contribution in [-0.4, -0.2) is 78.1 Å². The van der Waals surface area contributed by atoms with Crippen molar-refractivity contribution in [3.8, 4) is 0 Å². The second-order valence-corrected chi connectivity index (χ2v) is 10.0. The van der Waals surface area contributed by atoms with Crippen molar-refractivity contribution in [2.45, 2.75) is 95.6 Å². The molecule has 30 heavy (non-hydrogen) atoms. The number of halogens is 1. The molecule has 7 heteroatoms. The van der Waals surface area contributed by atoms with Gasteiger partial charge in [-0.3, -0.25) is 14.5 Å². The Hall–Kier alpha value is -1.21. The lowest BCUT2D eigenvalue weighted by molar-refractivity contribution is -0.133. The van der Waals surface area contributed by atoms with E-state index in [-0.39, 0.29) is 35.9 Å². The lowest BCUT2D eigenvalue weighted by Gasteiger charge is -2.42. The van der Waals surface area contributed by atoms with Crippen molar-refractivity contribution in [2.24, 2.45) is 11.8 Å². The van der Waals surface area contributed by atoms with Crippen LogP contribution in [0.5, 0.6) is 0 Å². The maximum atomic E-state index is 14.4. The van der Waals surface area contributed by atoms with Gasteiger partial charge in [0, 0.05) is 56.6 Å². The third-order valence-electron chi connectivity index (χ3n) is 8.13. The van der Waals surface area contributed by atoms with Crippen LogP contribution in [0.15, 0.2) is 0 Å². The highest BCUT2D eigenvalue weighted by molar-refractivity contribution is 5.82. The van der Waals surface area contributed by atoms with E-state index in [2.05, 4.69) is 22.5 Å². The van der Waals surface area contributed by atoms with Gasteiger partial charge in [-0.15, -0.1) is 0 Å². The van der Waals surface area contributed by atoms with E-state index < -0.39 is 6.17 Å². The summed E-state index contributed by atoms with van der Waals surface area (Å²) in [5, 5.41) is 6.75. The Kier molecular flexibility index (Phi) is 6.98. The number of fused-ring (bicyclic) bond motifs is 1. The smallest absolute Gasteiger partial charge is 0.237 e. The predicted molar refractivity (Wildman–Crippen MR) is 115 cm³/mol. The fraction of sp³-hybridized carbons (Fsp3) is 0.913. The Morgan fingerprint density at radius 1 is 1.07 bits per heavy atom. The van der Waals surface area contributed by atoms with Crippen LogP contribution >= 0.6 is 0 Å². The van der Waals surface area contributed by atoms with Crippen LogP contribution in [0.2, 0.25) is 0 Å². The quantitative estimate of drug-likeness (QED) is 0.728. The van der Waals surface area contributed by atoms with Crippen LogP contribution in [-0.2, 0) is 9.59 Å². The average Bonchev–Trinajstić information content (AvgIpc) is 3.23. The predicted octanol–water partition coefficient (Wildman–Crippen LogP) is 2.08. The molecule has 4 fully saturated rings. The molecular weight excluding hydrogens is 383 g/mol. The highest BCUT2D eigenvalue weighted by Crippen LogP contribution is 2.38. The minimum Gasteiger partial charge on any atom is -0.352 e. The van der Waals surface area contributed by atoms with E-state index in [0.717, 1.165) is 51.9 Å². The van der Waals surface area contributed by atoms with Crippen molar-refractivity contribution in [1.82, 2.24) is 20.4 Å².